The summed E-state index contributed by atoms with van der Waals surface area (Å²) in [5.74, 6) is 2.23. The van der Waals surface area contributed by atoms with Gasteiger partial charge in [0.25, 0.3) is 0 Å². The van der Waals surface area contributed by atoms with Crippen LogP contribution in [-0.4, -0.2) is 31.7 Å². The molecule has 6 nitrogen and oxygen atoms in total. The largest absolute Gasteiger partial charge is 0.497 e. The number of fused-ring (bicyclic) bond motifs is 1. The van der Waals surface area contributed by atoms with Crippen LogP contribution >= 0.6 is 12.2 Å². The highest BCUT2D eigenvalue weighted by Gasteiger charge is 2.10. The van der Waals surface area contributed by atoms with Crippen molar-refractivity contribution in [3.8, 4) is 17.2 Å². The topological polar surface area (TPSA) is 64.1 Å². The fourth-order valence-electron chi connectivity index (χ4n) is 2.17. The lowest BCUT2D eigenvalue weighted by molar-refractivity contribution is 0.171. The monoisotopic (exact) mass is 343 g/mol. The Kier molecular flexibility index (Phi) is 5.12. The molecule has 1 aliphatic rings. The predicted octanol–water partition coefficient (Wildman–Crippen LogP) is 2.79. The van der Waals surface area contributed by atoms with Gasteiger partial charge in [-0.25, -0.2) is 0 Å². The molecule has 0 saturated heterocycles. The molecule has 0 fully saturated rings. The van der Waals surface area contributed by atoms with Crippen LogP contribution in [0.5, 0.6) is 17.2 Å². The van der Waals surface area contributed by atoms with Crippen LogP contribution in [0.3, 0.4) is 0 Å². The van der Waals surface area contributed by atoms with E-state index in [2.05, 4.69) is 15.8 Å². The highest BCUT2D eigenvalue weighted by atomic mass is 32.1. The molecule has 0 aromatic heterocycles. The Morgan fingerprint density at radius 1 is 1.17 bits per heavy atom. The Labute approximate surface area is 145 Å². The van der Waals surface area contributed by atoms with E-state index >= 15 is 0 Å². The molecule has 0 aliphatic carbocycles. The number of nitrogens with one attached hydrogen (secondary N) is 2. The van der Waals surface area contributed by atoms with Crippen LogP contribution in [0, 0.1) is 0 Å². The quantitative estimate of drug-likeness (QED) is 0.506. The normalized spacial score (nSPS) is 12.7. The van der Waals surface area contributed by atoms with Gasteiger partial charge < -0.3 is 19.5 Å². The van der Waals surface area contributed by atoms with E-state index in [1.165, 1.54) is 0 Å². The number of hydrazone groups is 1. The first-order valence-corrected chi connectivity index (χ1v) is 7.79. The van der Waals surface area contributed by atoms with E-state index in [1.807, 2.05) is 42.5 Å². The van der Waals surface area contributed by atoms with Crippen molar-refractivity contribution in [2.45, 2.75) is 0 Å². The summed E-state index contributed by atoms with van der Waals surface area (Å²) in [6, 6.07) is 13.1. The van der Waals surface area contributed by atoms with E-state index in [0.29, 0.717) is 18.3 Å². The Hall–Kier alpha value is -2.80. The third-order valence-electron chi connectivity index (χ3n) is 3.27. The summed E-state index contributed by atoms with van der Waals surface area (Å²) in [6.45, 7) is 1.13. The molecular weight excluding hydrogens is 326 g/mol. The molecule has 124 valence electrons. The smallest absolute Gasteiger partial charge is 0.191 e. The van der Waals surface area contributed by atoms with Crippen LogP contribution < -0.4 is 25.0 Å². The second-order valence-electron chi connectivity index (χ2n) is 4.96. The van der Waals surface area contributed by atoms with Crippen LogP contribution in [0.15, 0.2) is 47.6 Å². The SMILES string of the molecule is COc1cccc(NC(=S)N/N=C\c2ccc3c(c2)OCCO3)c1. The molecule has 2 aromatic carbocycles. The second-order valence-corrected chi connectivity index (χ2v) is 5.37. The van der Waals surface area contributed by atoms with Crippen molar-refractivity contribution in [2.24, 2.45) is 5.10 Å². The van der Waals surface area contributed by atoms with Crippen molar-refractivity contribution < 1.29 is 14.2 Å². The number of thiocarbonyl (C=S) groups is 1. The number of rotatable bonds is 4. The number of hydrogen-bond acceptors (Lipinski definition) is 5. The molecule has 0 saturated carbocycles. The second kappa shape index (κ2) is 7.65. The number of anilines is 1. The molecule has 0 atom stereocenters. The minimum atomic E-state index is 0.386. The molecule has 0 spiro atoms. The van der Waals surface area contributed by atoms with Gasteiger partial charge in [-0.3, -0.25) is 5.43 Å². The first-order chi connectivity index (χ1) is 11.7. The Morgan fingerprint density at radius 3 is 2.83 bits per heavy atom. The van der Waals surface area contributed by atoms with E-state index in [0.717, 1.165) is 28.5 Å². The summed E-state index contributed by atoms with van der Waals surface area (Å²) in [7, 11) is 1.62. The minimum Gasteiger partial charge on any atom is -0.497 e. The lowest BCUT2D eigenvalue weighted by atomic mass is 10.2. The van der Waals surface area contributed by atoms with Gasteiger partial charge in [0.05, 0.1) is 13.3 Å². The molecule has 2 aromatic rings. The number of methoxy groups -OCH3 is 1. The third kappa shape index (κ3) is 4.14. The Balaban J connectivity index is 1.56. The van der Waals surface area contributed by atoms with Crippen LogP contribution in [0.2, 0.25) is 0 Å². The van der Waals surface area contributed by atoms with E-state index in [4.69, 9.17) is 26.4 Å². The summed E-state index contributed by atoms with van der Waals surface area (Å²) in [4.78, 5) is 0. The van der Waals surface area contributed by atoms with Crippen molar-refractivity contribution in [1.82, 2.24) is 5.43 Å². The number of nitrogens with zero attached hydrogens (tertiary/aromatic N) is 1. The number of ether oxygens (including phenoxy) is 3. The summed E-state index contributed by atoms with van der Waals surface area (Å²) in [6.07, 6.45) is 1.66. The standard InChI is InChI=1S/C17H17N3O3S/c1-21-14-4-2-3-13(10-14)19-17(24)20-18-11-12-5-6-15-16(9-12)23-8-7-22-15/h2-6,9-11H,7-8H2,1H3,(H2,19,20,24)/b18-11-. The van der Waals surface area contributed by atoms with Gasteiger partial charge in [-0.05, 0) is 48.1 Å². The van der Waals surface area contributed by atoms with Crippen LogP contribution in [0.1, 0.15) is 5.56 Å². The van der Waals surface area contributed by atoms with Crippen molar-refractivity contribution in [3.63, 3.8) is 0 Å². The third-order valence-corrected chi connectivity index (χ3v) is 3.47. The van der Waals surface area contributed by atoms with E-state index < -0.39 is 0 Å². The fourth-order valence-corrected chi connectivity index (χ4v) is 2.34. The molecule has 1 heterocycles. The zero-order chi connectivity index (χ0) is 16.8. The van der Waals surface area contributed by atoms with Gasteiger partial charge in [0.1, 0.15) is 19.0 Å². The Bertz CT molecular complexity index is 764. The molecular formula is C17H17N3O3S. The molecule has 0 radical (unpaired) electrons. The van der Waals surface area contributed by atoms with Gasteiger partial charge in [0.15, 0.2) is 16.6 Å². The van der Waals surface area contributed by atoms with Gasteiger partial charge in [-0.2, -0.15) is 5.10 Å². The van der Waals surface area contributed by atoms with Crippen LogP contribution in [-0.2, 0) is 0 Å². The van der Waals surface area contributed by atoms with Gasteiger partial charge >= 0.3 is 0 Å². The first kappa shape index (κ1) is 16.1. The molecule has 1 aliphatic heterocycles. The zero-order valence-electron chi connectivity index (χ0n) is 13.1. The zero-order valence-corrected chi connectivity index (χ0v) is 13.9. The van der Waals surface area contributed by atoms with E-state index in [9.17, 15) is 0 Å². The van der Waals surface area contributed by atoms with E-state index in [1.54, 1.807) is 13.3 Å². The summed E-state index contributed by atoms with van der Waals surface area (Å²) >= 11 is 5.21. The van der Waals surface area contributed by atoms with Crippen molar-refractivity contribution in [2.75, 3.05) is 25.6 Å². The maximum absolute atomic E-state index is 5.54. The molecule has 0 unspecified atom stereocenters. The maximum atomic E-state index is 5.54. The lowest BCUT2D eigenvalue weighted by Gasteiger charge is -2.18. The predicted molar refractivity (Wildman–Crippen MR) is 97.4 cm³/mol. The molecule has 7 heteroatoms. The van der Waals surface area contributed by atoms with Crippen molar-refractivity contribution >= 4 is 29.2 Å². The molecule has 0 amide bonds. The van der Waals surface area contributed by atoms with Crippen LogP contribution in [0.25, 0.3) is 0 Å². The summed E-state index contributed by atoms with van der Waals surface area (Å²) in [5, 5.41) is 7.54. The molecule has 24 heavy (non-hydrogen) atoms. The van der Waals surface area contributed by atoms with Crippen LogP contribution in [0.4, 0.5) is 5.69 Å². The number of benzene rings is 2. The Morgan fingerprint density at radius 2 is 2.00 bits per heavy atom. The fraction of sp³-hybridized carbons (Fsp3) is 0.176. The number of hydrogen-bond donors (Lipinski definition) is 2. The van der Waals surface area contributed by atoms with Gasteiger partial charge in [0, 0.05) is 11.8 Å². The molecule has 2 N–H and O–H groups in total. The van der Waals surface area contributed by atoms with Crippen molar-refractivity contribution in [1.29, 1.82) is 0 Å². The maximum Gasteiger partial charge on any atom is 0.191 e. The van der Waals surface area contributed by atoms with Crippen molar-refractivity contribution in [3.05, 3.63) is 48.0 Å². The summed E-state index contributed by atoms with van der Waals surface area (Å²) in [5.41, 5.74) is 4.48. The van der Waals surface area contributed by atoms with Gasteiger partial charge in [-0.15, -0.1) is 0 Å². The van der Waals surface area contributed by atoms with E-state index in [-0.39, 0.29) is 0 Å². The molecule has 0 bridgehead atoms. The highest BCUT2D eigenvalue weighted by molar-refractivity contribution is 7.80. The highest BCUT2D eigenvalue weighted by Crippen LogP contribution is 2.30. The average Bonchev–Trinajstić information content (AvgIpc) is 2.62. The molecule has 3 rings (SSSR count). The minimum absolute atomic E-state index is 0.386. The van der Waals surface area contributed by atoms with Gasteiger partial charge in [0.2, 0.25) is 0 Å². The average molecular weight is 343 g/mol. The lowest BCUT2D eigenvalue weighted by Crippen LogP contribution is -2.23. The summed E-state index contributed by atoms with van der Waals surface area (Å²) < 4.78 is 16.2. The van der Waals surface area contributed by atoms with Gasteiger partial charge in [-0.1, -0.05) is 6.07 Å². The first-order valence-electron chi connectivity index (χ1n) is 7.38.